The smallest absolute Gasteiger partial charge is 0.168 e. The molecule has 0 fully saturated rings. The minimum atomic E-state index is 0. The number of hydrogen-bond acceptors (Lipinski definition) is 3. The Morgan fingerprint density at radius 2 is 1.90 bits per heavy atom. The van der Waals surface area contributed by atoms with E-state index in [-0.39, 0.29) is 23.0 Å². The number of halogens is 2. The van der Waals surface area contributed by atoms with E-state index in [0.717, 1.165) is 31.9 Å². The number of nitrogens with one attached hydrogen (secondary N) is 2. The van der Waals surface area contributed by atoms with Crippen LogP contribution in [0.5, 0.6) is 0 Å². The lowest BCUT2D eigenvalue weighted by molar-refractivity contribution is 0.824. The molecule has 112 valence electrons. The van der Waals surface area contributed by atoms with Crippen LogP contribution in [0, 0.1) is 0 Å². The summed E-state index contributed by atoms with van der Waals surface area (Å²) >= 11 is 12.5. The highest BCUT2D eigenvalue weighted by atomic mass is 35.5. The third-order valence-corrected chi connectivity index (χ3v) is 4.15. The summed E-state index contributed by atoms with van der Waals surface area (Å²) in [5.41, 5.74) is 8.44. The molecule has 0 saturated carbocycles. The standard InChI is InChI=1S/C13H10ClN3S2.ClH.H2O/c14-7-1-4-11-10(5-7)17-9-3-2-8(16-13(15)18)6-12(9)19-11;;/h1-6,17H,(H3,15,16,18);1H;1H2. The van der Waals surface area contributed by atoms with Crippen LogP contribution >= 0.6 is 48.0 Å². The molecule has 0 unspecified atom stereocenters. The van der Waals surface area contributed by atoms with Crippen molar-refractivity contribution >= 4 is 70.2 Å². The molecule has 8 heteroatoms. The molecule has 6 N–H and O–H groups in total. The average molecular weight is 362 g/mol. The number of anilines is 3. The van der Waals surface area contributed by atoms with Gasteiger partial charge in [0.2, 0.25) is 0 Å². The molecule has 0 bridgehead atoms. The Balaban J connectivity index is 0.00000110. The fraction of sp³-hybridized carbons (Fsp3) is 0. The third kappa shape index (κ3) is 3.93. The maximum absolute atomic E-state index is 6.00. The predicted octanol–water partition coefficient (Wildman–Crippen LogP) is 3.80. The molecule has 0 radical (unpaired) electrons. The highest BCUT2D eigenvalue weighted by molar-refractivity contribution is 7.99. The first-order chi connectivity index (χ1) is 9.11. The van der Waals surface area contributed by atoms with Gasteiger partial charge in [0.25, 0.3) is 0 Å². The van der Waals surface area contributed by atoms with Crippen LogP contribution in [0.3, 0.4) is 0 Å². The van der Waals surface area contributed by atoms with Gasteiger partial charge in [-0.25, -0.2) is 0 Å². The van der Waals surface area contributed by atoms with Crippen molar-refractivity contribution in [1.82, 2.24) is 0 Å². The van der Waals surface area contributed by atoms with Crippen LogP contribution in [-0.4, -0.2) is 10.6 Å². The van der Waals surface area contributed by atoms with E-state index in [1.807, 2.05) is 36.4 Å². The number of rotatable bonds is 1. The zero-order valence-electron chi connectivity index (χ0n) is 10.6. The summed E-state index contributed by atoms with van der Waals surface area (Å²) in [5.74, 6) is 0. The largest absolute Gasteiger partial charge is 0.412 e. The van der Waals surface area contributed by atoms with Crippen molar-refractivity contribution in [2.24, 2.45) is 5.73 Å². The van der Waals surface area contributed by atoms with E-state index >= 15 is 0 Å². The second-order valence-corrected chi connectivity index (χ2v) is 6.03. The summed E-state index contributed by atoms with van der Waals surface area (Å²) in [5, 5.41) is 7.29. The Morgan fingerprint density at radius 3 is 2.62 bits per heavy atom. The van der Waals surface area contributed by atoms with Crippen molar-refractivity contribution < 1.29 is 5.48 Å². The fourth-order valence-corrected chi connectivity index (χ4v) is 3.18. The monoisotopic (exact) mass is 361 g/mol. The van der Waals surface area contributed by atoms with Gasteiger partial charge in [0.05, 0.1) is 11.4 Å². The van der Waals surface area contributed by atoms with Gasteiger partial charge in [-0.15, -0.1) is 12.4 Å². The van der Waals surface area contributed by atoms with Crippen LogP contribution in [0.4, 0.5) is 17.1 Å². The molecule has 0 saturated heterocycles. The summed E-state index contributed by atoms with van der Waals surface area (Å²) in [4.78, 5) is 2.26. The normalized spacial score (nSPS) is 10.9. The predicted molar refractivity (Wildman–Crippen MR) is 96.6 cm³/mol. The Hall–Kier alpha value is -1.18. The maximum atomic E-state index is 6.00. The van der Waals surface area contributed by atoms with Crippen molar-refractivity contribution in [3.8, 4) is 0 Å². The van der Waals surface area contributed by atoms with Gasteiger partial charge >= 0.3 is 0 Å². The van der Waals surface area contributed by atoms with Gasteiger partial charge in [-0.1, -0.05) is 23.4 Å². The number of hydrogen-bond donors (Lipinski definition) is 3. The van der Waals surface area contributed by atoms with Crippen LogP contribution in [0.25, 0.3) is 0 Å². The van der Waals surface area contributed by atoms with Crippen molar-refractivity contribution in [2.75, 3.05) is 10.6 Å². The third-order valence-electron chi connectivity index (χ3n) is 2.68. The lowest BCUT2D eigenvalue weighted by atomic mass is 10.2. The molecule has 2 aromatic rings. The second kappa shape index (κ2) is 7.20. The molecule has 1 aliphatic heterocycles. The zero-order valence-corrected chi connectivity index (χ0v) is 13.8. The van der Waals surface area contributed by atoms with E-state index in [0.29, 0.717) is 0 Å². The number of benzene rings is 2. The van der Waals surface area contributed by atoms with Gasteiger partial charge in [0.1, 0.15) is 0 Å². The lowest BCUT2D eigenvalue weighted by Gasteiger charge is -2.21. The Morgan fingerprint density at radius 1 is 1.14 bits per heavy atom. The second-order valence-electron chi connectivity index (χ2n) is 4.07. The van der Waals surface area contributed by atoms with Crippen LogP contribution < -0.4 is 16.4 Å². The lowest BCUT2D eigenvalue weighted by Crippen LogP contribution is -2.18. The molecule has 3 rings (SSSR count). The van der Waals surface area contributed by atoms with Crippen LogP contribution in [0.15, 0.2) is 46.2 Å². The van der Waals surface area contributed by atoms with Crippen molar-refractivity contribution in [2.45, 2.75) is 9.79 Å². The molecule has 0 aliphatic carbocycles. The summed E-state index contributed by atoms with van der Waals surface area (Å²) in [7, 11) is 0. The van der Waals surface area contributed by atoms with E-state index < -0.39 is 0 Å². The Kier molecular flexibility index (Phi) is 6.12. The maximum Gasteiger partial charge on any atom is 0.168 e. The number of thiocarbonyl (C=S) groups is 1. The van der Waals surface area contributed by atoms with Gasteiger partial charge in [-0.05, 0) is 48.6 Å². The van der Waals surface area contributed by atoms with Gasteiger partial charge in [0.15, 0.2) is 5.11 Å². The van der Waals surface area contributed by atoms with Crippen LogP contribution in [0.1, 0.15) is 0 Å². The molecule has 2 aromatic carbocycles. The molecular weight excluding hydrogens is 349 g/mol. The first-order valence-corrected chi connectivity index (χ1v) is 7.17. The summed E-state index contributed by atoms with van der Waals surface area (Å²) < 4.78 is 0. The topological polar surface area (TPSA) is 81.6 Å². The van der Waals surface area contributed by atoms with Gasteiger partial charge in [-0.2, -0.15) is 0 Å². The minimum absolute atomic E-state index is 0. The quantitative estimate of drug-likeness (QED) is 0.574. The van der Waals surface area contributed by atoms with Crippen LogP contribution in [-0.2, 0) is 0 Å². The Labute approximate surface area is 143 Å². The SMILES string of the molecule is Cl.NC(=S)Nc1ccc2c(c1)Sc1ccc(Cl)cc1N2.O. The van der Waals surface area contributed by atoms with Gasteiger partial charge < -0.3 is 21.8 Å². The van der Waals surface area contributed by atoms with E-state index in [1.165, 1.54) is 0 Å². The molecule has 0 spiro atoms. The number of nitrogens with two attached hydrogens (primary N) is 1. The fourth-order valence-electron chi connectivity index (χ4n) is 1.88. The molecule has 1 aliphatic rings. The molecule has 0 atom stereocenters. The highest BCUT2D eigenvalue weighted by Gasteiger charge is 2.16. The summed E-state index contributed by atoms with van der Waals surface area (Å²) in [6.45, 7) is 0. The number of fused-ring (bicyclic) bond motifs is 2. The van der Waals surface area contributed by atoms with Crippen molar-refractivity contribution in [3.63, 3.8) is 0 Å². The van der Waals surface area contributed by atoms with E-state index in [9.17, 15) is 0 Å². The van der Waals surface area contributed by atoms with Crippen molar-refractivity contribution in [1.29, 1.82) is 0 Å². The highest BCUT2D eigenvalue weighted by Crippen LogP contribution is 2.45. The van der Waals surface area contributed by atoms with Crippen molar-refractivity contribution in [3.05, 3.63) is 41.4 Å². The summed E-state index contributed by atoms with van der Waals surface area (Å²) in [6.07, 6.45) is 0. The summed E-state index contributed by atoms with van der Waals surface area (Å²) in [6, 6.07) is 11.8. The molecule has 0 amide bonds. The molecule has 4 nitrogen and oxygen atoms in total. The molecule has 21 heavy (non-hydrogen) atoms. The first kappa shape index (κ1) is 17.9. The van der Waals surface area contributed by atoms with Gasteiger partial charge in [0, 0.05) is 20.5 Å². The van der Waals surface area contributed by atoms with Gasteiger partial charge in [-0.3, -0.25) is 0 Å². The minimum Gasteiger partial charge on any atom is -0.412 e. The zero-order chi connectivity index (χ0) is 13.4. The van der Waals surface area contributed by atoms with E-state index in [1.54, 1.807) is 11.8 Å². The molecule has 0 aromatic heterocycles. The van der Waals surface area contributed by atoms with Crippen LogP contribution in [0.2, 0.25) is 5.02 Å². The van der Waals surface area contributed by atoms with E-state index in [4.69, 9.17) is 29.6 Å². The van der Waals surface area contributed by atoms with E-state index in [2.05, 4.69) is 10.6 Å². The molecular formula is C13H13Cl2N3OS2. The molecule has 1 heterocycles. The Bertz CT molecular complexity index is 682. The first-order valence-electron chi connectivity index (χ1n) is 5.57. The average Bonchev–Trinajstić information content (AvgIpc) is 2.35.